The fourth-order valence-corrected chi connectivity index (χ4v) is 1.48. The van der Waals surface area contributed by atoms with Gasteiger partial charge < -0.3 is 4.74 Å². The van der Waals surface area contributed by atoms with Crippen LogP contribution < -0.4 is 0 Å². The Balaban J connectivity index is 2.96. The van der Waals surface area contributed by atoms with Crippen LogP contribution in [0.4, 0.5) is 0 Å². The van der Waals surface area contributed by atoms with Gasteiger partial charge in [-0.1, -0.05) is 24.3 Å². The molecule has 0 saturated carbocycles. The number of esters is 1. The highest BCUT2D eigenvalue weighted by atomic mass is 16.6. The molecule has 0 N–H and O–H groups in total. The van der Waals surface area contributed by atoms with Crippen LogP contribution in [-0.2, 0) is 9.53 Å². The Morgan fingerprint density at radius 2 is 2.12 bits per heavy atom. The summed E-state index contributed by atoms with van der Waals surface area (Å²) < 4.78 is 4.95. The van der Waals surface area contributed by atoms with Gasteiger partial charge in [-0.05, 0) is 12.5 Å². The van der Waals surface area contributed by atoms with Crippen molar-refractivity contribution >= 4 is 5.97 Å². The van der Waals surface area contributed by atoms with Gasteiger partial charge in [0, 0.05) is 17.4 Å². The Hall–Kier alpha value is -1.91. The summed E-state index contributed by atoms with van der Waals surface area (Å²) in [4.78, 5) is 20.9. The van der Waals surface area contributed by atoms with Gasteiger partial charge in [0.25, 0.3) is 0 Å². The van der Waals surface area contributed by atoms with Gasteiger partial charge in [0.1, 0.15) is 0 Å². The minimum atomic E-state index is -0.811. The molecule has 5 heteroatoms. The molecule has 0 aliphatic heterocycles. The number of ether oxygens (including phenoxy) is 1. The molecule has 0 aliphatic carbocycles. The summed E-state index contributed by atoms with van der Waals surface area (Å²) >= 11 is 0. The molecule has 1 aromatic rings. The highest BCUT2D eigenvalue weighted by Gasteiger charge is 2.22. The Bertz CT molecular complexity index is 387. The van der Waals surface area contributed by atoms with Crippen molar-refractivity contribution in [1.82, 2.24) is 0 Å². The average Bonchev–Trinajstić information content (AvgIpc) is 2.15. The minimum absolute atomic E-state index is 0.412. The topological polar surface area (TPSA) is 69.4 Å². The van der Waals surface area contributed by atoms with Crippen LogP contribution in [0, 0.1) is 17.0 Å². The molecule has 0 radical (unpaired) electrons. The van der Waals surface area contributed by atoms with Crippen LogP contribution in [0.15, 0.2) is 24.3 Å². The zero-order valence-electron chi connectivity index (χ0n) is 9.17. The molecule has 1 rings (SSSR count). The Labute approximate surface area is 93.2 Å². The van der Waals surface area contributed by atoms with Gasteiger partial charge in [0.15, 0.2) is 6.10 Å². The first-order valence-corrected chi connectivity index (χ1v) is 4.85. The maximum atomic E-state index is 10.9. The Morgan fingerprint density at radius 1 is 1.50 bits per heavy atom. The number of hydrogen-bond acceptors (Lipinski definition) is 4. The molecular formula is C11H13NO4. The second-order valence-corrected chi connectivity index (χ2v) is 3.47. The molecule has 0 aliphatic rings. The van der Waals surface area contributed by atoms with Crippen LogP contribution in [0.2, 0.25) is 0 Å². The van der Waals surface area contributed by atoms with Gasteiger partial charge in [-0.3, -0.25) is 14.9 Å². The van der Waals surface area contributed by atoms with Crippen LogP contribution in [-0.4, -0.2) is 17.4 Å². The fourth-order valence-electron chi connectivity index (χ4n) is 1.48. The van der Waals surface area contributed by atoms with Gasteiger partial charge in [-0.2, -0.15) is 0 Å². The van der Waals surface area contributed by atoms with Crippen LogP contribution in [0.25, 0.3) is 0 Å². The Morgan fingerprint density at radius 3 is 2.62 bits per heavy atom. The number of hydrogen-bond donors (Lipinski definition) is 0. The SMILES string of the molecule is CC(=O)O[C@H](C[N+](=O)[O-])c1ccccc1C. The lowest BCUT2D eigenvalue weighted by atomic mass is 10.0. The van der Waals surface area contributed by atoms with E-state index in [1.54, 1.807) is 12.1 Å². The van der Waals surface area contributed by atoms with Crippen molar-refractivity contribution in [2.45, 2.75) is 20.0 Å². The number of benzene rings is 1. The van der Waals surface area contributed by atoms with Gasteiger partial charge >= 0.3 is 5.97 Å². The predicted molar refractivity (Wildman–Crippen MR) is 57.5 cm³/mol. The van der Waals surface area contributed by atoms with Crippen LogP contribution >= 0.6 is 0 Å². The van der Waals surface area contributed by atoms with E-state index in [1.807, 2.05) is 19.1 Å². The third-order valence-electron chi connectivity index (χ3n) is 2.16. The molecule has 5 nitrogen and oxygen atoms in total. The lowest BCUT2D eigenvalue weighted by molar-refractivity contribution is -0.491. The molecule has 0 amide bonds. The monoisotopic (exact) mass is 223 g/mol. The van der Waals surface area contributed by atoms with E-state index in [0.717, 1.165) is 5.56 Å². The first kappa shape index (κ1) is 12.2. The zero-order valence-corrected chi connectivity index (χ0v) is 9.17. The molecule has 86 valence electrons. The number of nitrogens with zero attached hydrogens (tertiary/aromatic N) is 1. The summed E-state index contributed by atoms with van der Waals surface area (Å²) in [5, 5.41) is 10.5. The summed E-state index contributed by atoms with van der Waals surface area (Å²) in [6, 6.07) is 7.15. The Kier molecular flexibility index (Phi) is 3.99. The zero-order chi connectivity index (χ0) is 12.1. The van der Waals surface area contributed by atoms with Crippen molar-refractivity contribution in [3.8, 4) is 0 Å². The van der Waals surface area contributed by atoms with E-state index < -0.39 is 23.5 Å². The van der Waals surface area contributed by atoms with E-state index in [-0.39, 0.29) is 0 Å². The van der Waals surface area contributed by atoms with Crippen molar-refractivity contribution in [1.29, 1.82) is 0 Å². The van der Waals surface area contributed by atoms with Crippen molar-refractivity contribution in [3.63, 3.8) is 0 Å². The minimum Gasteiger partial charge on any atom is -0.451 e. The largest absolute Gasteiger partial charge is 0.451 e. The van der Waals surface area contributed by atoms with Crippen molar-refractivity contribution < 1.29 is 14.5 Å². The highest BCUT2D eigenvalue weighted by molar-refractivity contribution is 5.66. The van der Waals surface area contributed by atoms with Gasteiger partial charge in [-0.25, -0.2) is 0 Å². The summed E-state index contributed by atoms with van der Waals surface area (Å²) in [5.74, 6) is -0.518. The average molecular weight is 223 g/mol. The molecular weight excluding hydrogens is 210 g/mol. The molecule has 0 aromatic heterocycles. The molecule has 1 aromatic carbocycles. The van der Waals surface area contributed by atoms with E-state index >= 15 is 0 Å². The molecule has 1 atom stereocenters. The third-order valence-corrected chi connectivity index (χ3v) is 2.16. The summed E-state index contributed by atoms with van der Waals surface area (Å²) in [5.41, 5.74) is 1.55. The molecule has 0 spiro atoms. The molecule has 0 bridgehead atoms. The van der Waals surface area contributed by atoms with Gasteiger partial charge in [0.05, 0.1) is 0 Å². The lowest BCUT2D eigenvalue weighted by Gasteiger charge is -2.15. The number of aryl methyl sites for hydroxylation is 1. The highest BCUT2D eigenvalue weighted by Crippen LogP contribution is 2.21. The molecule has 0 heterocycles. The third kappa shape index (κ3) is 3.34. The van der Waals surface area contributed by atoms with Crippen molar-refractivity contribution in [2.75, 3.05) is 6.54 Å². The maximum Gasteiger partial charge on any atom is 0.303 e. The quantitative estimate of drug-likeness (QED) is 0.444. The predicted octanol–water partition coefficient (Wildman–Crippen LogP) is 1.88. The van der Waals surface area contributed by atoms with Gasteiger partial charge in [-0.15, -0.1) is 0 Å². The number of carbonyl (C=O) groups is 1. The smallest absolute Gasteiger partial charge is 0.303 e. The fraction of sp³-hybridized carbons (Fsp3) is 0.364. The van der Waals surface area contributed by atoms with Crippen LogP contribution in [0.3, 0.4) is 0 Å². The molecule has 0 saturated heterocycles. The summed E-state index contributed by atoms with van der Waals surface area (Å²) in [6.07, 6.45) is -0.811. The second kappa shape index (κ2) is 5.25. The normalized spacial score (nSPS) is 11.9. The van der Waals surface area contributed by atoms with E-state index in [2.05, 4.69) is 0 Å². The summed E-state index contributed by atoms with van der Waals surface area (Å²) in [6.45, 7) is 2.65. The number of carbonyl (C=O) groups excluding carboxylic acids is 1. The molecule has 16 heavy (non-hydrogen) atoms. The van der Waals surface area contributed by atoms with Crippen LogP contribution in [0.1, 0.15) is 24.2 Å². The lowest BCUT2D eigenvalue weighted by Crippen LogP contribution is -2.18. The second-order valence-electron chi connectivity index (χ2n) is 3.47. The van der Waals surface area contributed by atoms with E-state index in [4.69, 9.17) is 4.74 Å². The van der Waals surface area contributed by atoms with Crippen LogP contribution in [0.5, 0.6) is 0 Å². The molecule has 0 fully saturated rings. The van der Waals surface area contributed by atoms with Crippen molar-refractivity contribution in [2.24, 2.45) is 0 Å². The first-order chi connectivity index (χ1) is 7.50. The van der Waals surface area contributed by atoms with E-state index in [9.17, 15) is 14.9 Å². The number of rotatable bonds is 4. The first-order valence-electron chi connectivity index (χ1n) is 4.85. The van der Waals surface area contributed by atoms with E-state index in [0.29, 0.717) is 5.56 Å². The molecule has 0 unspecified atom stereocenters. The van der Waals surface area contributed by atoms with Gasteiger partial charge in [0.2, 0.25) is 6.54 Å². The van der Waals surface area contributed by atoms with E-state index in [1.165, 1.54) is 6.92 Å². The number of nitro groups is 1. The maximum absolute atomic E-state index is 10.9. The van der Waals surface area contributed by atoms with Crippen molar-refractivity contribution in [3.05, 3.63) is 45.5 Å². The standard InChI is InChI=1S/C11H13NO4/c1-8-5-3-4-6-10(8)11(7-12(14)15)16-9(2)13/h3-6,11H,7H2,1-2H3/t11-/m1/s1. The summed E-state index contributed by atoms with van der Waals surface area (Å²) in [7, 11) is 0.